The molecule has 0 unspecified atom stereocenters. The molecule has 0 saturated carbocycles. The molecule has 0 aliphatic heterocycles. The van der Waals surface area contributed by atoms with Crippen LogP contribution in [0.15, 0.2) is 80.1 Å². The second-order valence-corrected chi connectivity index (χ2v) is 7.27. The summed E-state index contributed by atoms with van der Waals surface area (Å²) in [6, 6.07) is 16.8. The minimum Gasteiger partial charge on any atom is -0.508 e. The van der Waals surface area contributed by atoms with Crippen molar-refractivity contribution in [1.82, 2.24) is 0 Å². The number of aryl methyl sites for hydroxylation is 3. The van der Waals surface area contributed by atoms with Crippen LogP contribution in [0.25, 0.3) is 11.0 Å². The van der Waals surface area contributed by atoms with Gasteiger partial charge in [-0.3, -0.25) is 0 Å². The zero-order valence-corrected chi connectivity index (χ0v) is 16.7. The van der Waals surface area contributed by atoms with Crippen molar-refractivity contribution in [3.05, 3.63) is 87.8 Å². The smallest absolute Gasteiger partial charge is 0.368 e. The fourth-order valence-corrected chi connectivity index (χ4v) is 3.27. The molecular weight excluding hydrogens is 396 g/mol. The van der Waals surface area contributed by atoms with Crippen molar-refractivity contribution in [1.29, 1.82) is 0 Å². The van der Waals surface area contributed by atoms with E-state index in [1.54, 1.807) is 36.4 Å². The number of hydrogen-bond acceptors (Lipinski definition) is 7. The summed E-state index contributed by atoms with van der Waals surface area (Å²) in [5.74, 6) is -0.00572. The number of phenolic OH excluding ortho intramolecular Hbond substituents is 2. The highest BCUT2D eigenvalue weighted by molar-refractivity contribution is 5.87. The van der Waals surface area contributed by atoms with Crippen LogP contribution >= 0.6 is 0 Å². The van der Waals surface area contributed by atoms with Gasteiger partial charge in [0.1, 0.15) is 17.1 Å². The Kier molecular flexibility index (Phi) is 5.41. The van der Waals surface area contributed by atoms with E-state index in [4.69, 9.17) is 4.42 Å². The summed E-state index contributed by atoms with van der Waals surface area (Å²) in [6.45, 7) is 1.87. The van der Waals surface area contributed by atoms with Crippen molar-refractivity contribution in [3.8, 4) is 17.2 Å². The number of nitrogens with zero attached hydrogens (tertiary/aromatic N) is 2. The molecule has 0 spiro atoms. The Balaban J connectivity index is 1.51. The van der Waals surface area contributed by atoms with Crippen LogP contribution in [0, 0.1) is 6.92 Å². The highest BCUT2D eigenvalue weighted by Gasteiger charge is 2.14. The van der Waals surface area contributed by atoms with Gasteiger partial charge >= 0.3 is 5.63 Å². The topological polar surface area (TPSA) is 116 Å². The Morgan fingerprint density at radius 2 is 1.65 bits per heavy atom. The molecule has 0 radical (unpaired) electrons. The first-order chi connectivity index (χ1) is 14.9. The van der Waals surface area contributed by atoms with Crippen LogP contribution in [-0.2, 0) is 12.8 Å². The summed E-state index contributed by atoms with van der Waals surface area (Å²) in [6.07, 6.45) is 1.22. The van der Waals surface area contributed by atoms with E-state index in [-0.39, 0.29) is 28.5 Å². The van der Waals surface area contributed by atoms with Crippen molar-refractivity contribution in [2.45, 2.75) is 19.8 Å². The van der Waals surface area contributed by atoms with Gasteiger partial charge in [-0.1, -0.05) is 23.8 Å². The Hall–Kier alpha value is -4.13. The first-order valence-corrected chi connectivity index (χ1v) is 9.68. The third kappa shape index (κ3) is 4.40. The summed E-state index contributed by atoms with van der Waals surface area (Å²) in [5.41, 5.74) is 2.36. The molecule has 0 amide bonds. The van der Waals surface area contributed by atoms with E-state index in [1.807, 2.05) is 19.1 Å². The quantitative estimate of drug-likeness (QED) is 0.228. The van der Waals surface area contributed by atoms with Gasteiger partial charge in [-0.15, -0.1) is 5.11 Å². The summed E-state index contributed by atoms with van der Waals surface area (Å²) in [4.78, 5) is 12.2. The number of rotatable bonds is 5. The fraction of sp³-hybridized carbons (Fsp3) is 0.125. The molecule has 7 heteroatoms. The molecule has 4 rings (SSSR count). The molecule has 4 aromatic rings. The molecule has 3 aromatic carbocycles. The van der Waals surface area contributed by atoms with E-state index in [0.717, 1.165) is 11.1 Å². The number of hydrogen-bond donors (Lipinski definition) is 3. The number of benzene rings is 3. The van der Waals surface area contributed by atoms with E-state index >= 15 is 0 Å². The van der Waals surface area contributed by atoms with Gasteiger partial charge in [0.15, 0.2) is 5.75 Å². The maximum absolute atomic E-state index is 12.2. The van der Waals surface area contributed by atoms with Crippen LogP contribution in [-0.4, -0.2) is 15.3 Å². The van der Waals surface area contributed by atoms with E-state index in [0.29, 0.717) is 29.5 Å². The van der Waals surface area contributed by atoms with Crippen LogP contribution < -0.4 is 5.63 Å². The molecule has 0 aliphatic rings. The predicted molar refractivity (Wildman–Crippen MR) is 117 cm³/mol. The number of phenols is 2. The van der Waals surface area contributed by atoms with Crippen molar-refractivity contribution in [2.24, 2.45) is 10.2 Å². The van der Waals surface area contributed by atoms with Gasteiger partial charge in [0.25, 0.3) is 0 Å². The van der Waals surface area contributed by atoms with Crippen molar-refractivity contribution in [2.75, 3.05) is 0 Å². The lowest BCUT2D eigenvalue weighted by atomic mass is 10.0. The Labute approximate surface area is 177 Å². The van der Waals surface area contributed by atoms with Gasteiger partial charge in [0.05, 0.1) is 11.1 Å². The molecule has 7 nitrogen and oxygen atoms in total. The van der Waals surface area contributed by atoms with Crippen LogP contribution in [0.5, 0.6) is 17.2 Å². The molecule has 0 fully saturated rings. The molecule has 0 atom stereocenters. The number of azo groups is 1. The van der Waals surface area contributed by atoms with Gasteiger partial charge in [0, 0.05) is 0 Å². The van der Waals surface area contributed by atoms with Gasteiger partial charge in [-0.2, -0.15) is 5.11 Å². The molecule has 1 heterocycles. The lowest BCUT2D eigenvalue weighted by Gasteiger charge is -2.06. The second kappa shape index (κ2) is 8.31. The van der Waals surface area contributed by atoms with Gasteiger partial charge < -0.3 is 19.7 Å². The normalized spacial score (nSPS) is 11.4. The standard InChI is InChI=1S/C24H20N2O5/c1-14-2-11-21-19(12-14)23(29)22(24(30)31-21)26-25-17-7-4-15(5-8-17)3-6-16-13-18(27)9-10-20(16)28/h2,4-5,7-13,27-29H,3,6H2,1H3. The summed E-state index contributed by atoms with van der Waals surface area (Å²) in [5, 5.41) is 38.2. The van der Waals surface area contributed by atoms with Crippen molar-refractivity contribution in [3.63, 3.8) is 0 Å². The maximum Gasteiger partial charge on any atom is 0.368 e. The van der Waals surface area contributed by atoms with E-state index in [1.165, 1.54) is 12.1 Å². The van der Waals surface area contributed by atoms with Crippen molar-refractivity contribution < 1.29 is 19.7 Å². The Bertz CT molecular complexity index is 1340. The number of fused-ring (bicyclic) bond motifs is 1. The van der Waals surface area contributed by atoms with Crippen LogP contribution in [0.4, 0.5) is 11.4 Å². The molecule has 3 N–H and O–H groups in total. The first kappa shape index (κ1) is 20.2. The van der Waals surface area contributed by atoms with E-state index in [9.17, 15) is 20.1 Å². The zero-order chi connectivity index (χ0) is 22.0. The summed E-state index contributed by atoms with van der Waals surface area (Å²) >= 11 is 0. The molecule has 0 bridgehead atoms. The minimum atomic E-state index is -0.764. The monoisotopic (exact) mass is 416 g/mol. The summed E-state index contributed by atoms with van der Waals surface area (Å²) in [7, 11) is 0. The second-order valence-electron chi connectivity index (χ2n) is 7.27. The predicted octanol–water partition coefficient (Wildman–Crippen LogP) is 5.42. The zero-order valence-electron chi connectivity index (χ0n) is 16.7. The minimum absolute atomic E-state index is 0.111. The number of aromatic hydroxyl groups is 3. The average Bonchev–Trinajstić information content (AvgIpc) is 2.76. The lowest BCUT2D eigenvalue weighted by molar-refractivity contribution is 0.454. The van der Waals surface area contributed by atoms with Crippen LogP contribution in [0.3, 0.4) is 0 Å². The van der Waals surface area contributed by atoms with Crippen LogP contribution in [0.1, 0.15) is 16.7 Å². The molecule has 1 aromatic heterocycles. The highest BCUT2D eigenvalue weighted by atomic mass is 16.4. The van der Waals surface area contributed by atoms with Crippen LogP contribution in [0.2, 0.25) is 0 Å². The van der Waals surface area contributed by atoms with E-state index < -0.39 is 5.63 Å². The van der Waals surface area contributed by atoms with Gasteiger partial charge in [-0.05, 0) is 73.4 Å². The average molecular weight is 416 g/mol. The Morgan fingerprint density at radius 3 is 2.42 bits per heavy atom. The molecule has 31 heavy (non-hydrogen) atoms. The molecular formula is C24H20N2O5. The highest BCUT2D eigenvalue weighted by Crippen LogP contribution is 2.33. The summed E-state index contributed by atoms with van der Waals surface area (Å²) < 4.78 is 5.22. The third-order valence-electron chi connectivity index (χ3n) is 4.96. The first-order valence-electron chi connectivity index (χ1n) is 9.68. The molecule has 0 saturated heterocycles. The molecule has 156 valence electrons. The van der Waals surface area contributed by atoms with E-state index in [2.05, 4.69) is 10.2 Å². The Morgan fingerprint density at radius 1 is 0.871 bits per heavy atom. The maximum atomic E-state index is 12.2. The molecule has 0 aliphatic carbocycles. The SMILES string of the molecule is Cc1ccc2oc(=O)c(N=Nc3ccc(CCc4cc(O)ccc4O)cc3)c(O)c2c1. The van der Waals surface area contributed by atoms with Crippen molar-refractivity contribution >= 4 is 22.3 Å². The van der Waals surface area contributed by atoms with Gasteiger partial charge in [-0.25, -0.2) is 4.79 Å². The fourth-order valence-electron chi connectivity index (χ4n) is 3.27. The largest absolute Gasteiger partial charge is 0.508 e. The van der Waals surface area contributed by atoms with Gasteiger partial charge in [0.2, 0.25) is 5.69 Å². The third-order valence-corrected chi connectivity index (χ3v) is 4.96. The lowest BCUT2D eigenvalue weighted by Crippen LogP contribution is -1.98.